The molecule has 11 heteroatoms. The number of hydrogen-bond donors (Lipinski definition) is 1. The van der Waals surface area contributed by atoms with E-state index in [1.165, 1.54) is 18.2 Å². The zero-order chi connectivity index (χ0) is 27.6. The molecule has 1 aliphatic rings. The third-order valence-corrected chi connectivity index (χ3v) is 6.95. The molecule has 4 amide bonds. The number of barbiturate groups is 1. The third kappa shape index (κ3) is 5.92. The summed E-state index contributed by atoms with van der Waals surface area (Å²) in [6.07, 6.45) is 1.32. The number of rotatable bonds is 7. The van der Waals surface area contributed by atoms with E-state index in [0.717, 1.165) is 16.0 Å². The Morgan fingerprint density at radius 2 is 1.63 bits per heavy atom. The lowest BCUT2D eigenvalue weighted by Gasteiger charge is -2.26. The first-order chi connectivity index (χ1) is 18.1. The lowest BCUT2D eigenvalue weighted by molar-refractivity contribution is -0.122. The van der Waals surface area contributed by atoms with Gasteiger partial charge in [-0.25, -0.2) is 9.69 Å². The molecule has 0 spiro atoms. The highest BCUT2D eigenvalue weighted by atomic mass is 35.5. The SMILES string of the molecule is CCOc1cc(/C=C2/C(=O)NC(=O)N(c3ccc(C)c(Cl)c3)C2=O)cc(Cl)c1OCc1ccc(Cl)c(Cl)c1. The largest absolute Gasteiger partial charge is 0.490 e. The van der Waals surface area contributed by atoms with Crippen LogP contribution >= 0.6 is 46.4 Å². The number of nitrogens with zero attached hydrogens (tertiary/aromatic N) is 1. The van der Waals surface area contributed by atoms with Crippen molar-refractivity contribution in [3.05, 3.63) is 90.9 Å². The summed E-state index contributed by atoms with van der Waals surface area (Å²) < 4.78 is 11.6. The monoisotopic (exact) mass is 592 g/mol. The Morgan fingerprint density at radius 1 is 0.868 bits per heavy atom. The van der Waals surface area contributed by atoms with Crippen LogP contribution in [-0.2, 0) is 16.2 Å². The third-order valence-electron chi connectivity index (χ3n) is 5.53. The van der Waals surface area contributed by atoms with Gasteiger partial charge < -0.3 is 9.47 Å². The number of benzene rings is 3. The van der Waals surface area contributed by atoms with Crippen molar-refractivity contribution in [2.45, 2.75) is 20.5 Å². The van der Waals surface area contributed by atoms with Crippen molar-refractivity contribution in [2.75, 3.05) is 11.5 Å². The van der Waals surface area contributed by atoms with Gasteiger partial charge in [-0.2, -0.15) is 0 Å². The van der Waals surface area contributed by atoms with E-state index in [1.54, 1.807) is 50.2 Å². The molecule has 0 saturated carbocycles. The predicted molar refractivity (Wildman–Crippen MR) is 149 cm³/mol. The van der Waals surface area contributed by atoms with Crippen molar-refractivity contribution in [1.82, 2.24) is 5.32 Å². The minimum atomic E-state index is -0.879. The maximum absolute atomic E-state index is 13.2. The van der Waals surface area contributed by atoms with Crippen LogP contribution in [0.4, 0.5) is 10.5 Å². The van der Waals surface area contributed by atoms with E-state index in [4.69, 9.17) is 55.9 Å². The van der Waals surface area contributed by atoms with Gasteiger partial charge >= 0.3 is 6.03 Å². The van der Waals surface area contributed by atoms with Crippen molar-refractivity contribution < 1.29 is 23.9 Å². The molecule has 3 aromatic carbocycles. The summed E-state index contributed by atoms with van der Waals surface area (Å²) in [5, 5.41) is 3.55. The van der Waals surface area contributed by atoms with Crippen LogP contribution in [0.2, 0.25) is 20.1 Å². The molecule has 0 atom stereocenters. The fraction of sp³-hybridized carbons (Fsp3) is 0.148. The van der Waals surface area contributed by atoms with Crippen LogP contribution in [0.5, 0.6) is 11.5 Å². The molecule has 0 aliphatic carbocycles. The van der Waals surface area contributed by atoms with Gasteiger partial charge in [0.2, 0.25) is 0 Å². The molecule has 1 heterocycles. The van der Waals surface area contributed by atoms with E-state index in [2.05, 4.69) is 5.32 Å². The van der Waals surface area contributed by atoms with Crippen molar-refractivity contribution in [3.8, 4) is 11.5 Å². The van der Waals surface area contributed by atoms with Gasteiger partial charge in [-0.15, -0.1) is 0 Å². The highest BCUT2D eigenvalue weighted by Gasteiger charge is 2.37. The van der Waals surface area contributed by atoms with Gasteiger partial charge in [-0.3, -0.25) is 14.9 Å². The summed E-state index contributed by atoms with van der Waals surface area (Å²) in [6.45, 7) is 4.01. The average Bonchev–Trinajstić information content (AvgIpc) is 2.85. The average molecular weight is 594 g/mol. The van der Waals surface area contributed by atoms with Gasteiger partial charge in [-0.1, -0.05) is 58.5 Å². The van der Waals surface area contributed by atoms with Gasteiger partial charge in [0.15, 0.2) is 11.5 Å². The second-order valence-corrected chi connectivity index (χ2v) is 9.82. The number of hydrogen-bond acceptors (Lipinski definition) is 5. The van der Waals surface area contributed by atoms with E-state index in [0.29, 0.717) is 33.0 Å². The highest BCUT2D eigenvalue weighted by molar-refractivity contribution is 6.42. The fourth-order valence-electron chi connectivity index (χ4n) is 3.64. The molecule has 3 aromatic rings. The number of halogens is 4. The number of anilines is 1. The predicted octanol–water partition coefficient (Wildman–Crippen LogP) is 7.25. The van der Waals surface area contributed by atoms with Crippen LogP contribution in [0.1, 0.15) is 23.6 Å². The number of aryl methyl sites for hydroxylation is 1. The lowest BCUT2D eigenvalue weighted by Crippen LogP contribution is -2.54. The second-order valence-electron chi connectivity index (χ2n) is 8.19. The molecule has 1 N–H and O–H groups in total. The first-order valence-electron chi connectivity index (χ1n) is 11.3. The van der Waals surface area contributed by atoms with Crippen LogP contribution in [0.3, 0.4) is 0 Å². The highest BCUT2D eigenvalue weighted by Crippen LogP contribution is 2.38. The van der Waals surface area contributed by atoms with Gasteiger partial charge in [0.1, 0.15) is 12.2 Å². The molecule has 7 nitrogen and oxygen atoms in total. The van der Waals surface area contributed by atoms with E-state index >= 15 is 0 Å². The number of urea groups is 1. The molecule has 1 fully saturated rings. The second kappa shape index (κ2) is 11.7. The molecule has 0 aromatic heterocycles. The maximum atomic E-state index is 13.2. The van der Waals surface area contributed by atoms with Crippen LogP contribution in [0.25, 0.3) is 6.08 Å². The Bertz CT molecular complexity index is 1490. The number of amides is 4. The molecule has 1 aliphatic heterocycles. The lowest BCUT2D eigenvalue weighted by atomic mass is 10.1. The molecule has 4 rings (SSSR count). The smallest absolute Gasteiger partial charge is 0.335 e. The number of imide groups is 2. The standard InChI is InChI=1S/C27H20Cl4N2O5/c1-3-37-23-11-16(10-22(31)24(23)38-13-15-5-7-19(28)21(30)9-15)8-18-25(34)32-27(36)33(26(18)35)17-6-4-14(2)20(29)12-17/h4-12H,3,13H2,1-2H3,(H,32,34,36)/b18-8-. The van der Waals surface area contributed by atoms with Crippen molar-refractivity contribution in [3.63, 3.8) is 0 Å². The maximum Gasteiger partial charge on any atom is 0.335 e. The number of ether oxygens (including phenoxy) is 2. The first kappa shape index (κ1) is 27.8. The molecule has 1 saturated heterocycles. The topological polar surface area (TPSA) is 84.9 Å². The van der Waals surface area contributed by atoms with Crippen LogP contribution in [0.15, 0.2) is 54.1 Å². The van der Waals surface area contributed by atoms with Crippen molar-refractivity contribution in [2.24, 2.45) is 0 Å². The van der Waals surface area contributed by atoms with Crippen LogP contribution in [-0.4, -0.2) is 24.5 Å². The Morgan fingerprint density at radius 3 is 2.32 bits per heavy atom. The molecule has 0 bridgehead atoms. The first-order valence-corrected chi connectivity index (χ1v) is 12.8. The fourth-order valence-corrected chi connectivity index (χ4v) is 4.41. The van der Waals surface area contributed by atoms with E-state index in [1.807, 2.05) is 0 Å². The van der Waals surface area contributed by atoms with Crippen LogP contribution < -0.4 is 19.7 Å². The zero-order valence-electron chi connectivity index (χ0n) is 20.1. The van der Waals surface area contributed by atoms with Gasteiger partial charge in [-0.05, 0) is 73.0 Å². The summed E-state index contributed by atoms with van der Waals surface area (Å²) >= 11 is 24.8. The number of carbonyl (C=O) groups is 3. The number of nitrogens with one attached hydrogen (secondary N) is 1. The summed E-state index contributed by atoms with van der Waals surface area (Å²) in [7, 11) is 0. The molecular weight excluding hydrogens is 574 g/mol. The van der Waals surface area contributed by atoms with E-state index in [-0.39, 0.29) is 28.6 Å². The van der Waals surface area contributed by atoms with Gasteiger partial charge in [0, 0.05) is 5.02 Å². The minimum Gasteiger partial charge on any atom is -0.490 e. The van der Waals surface area contributed by atoms with Gasteiger partial charge in [0.25, 0.3) is 11.8 Å². The minimum absolute atomic E-state index is 0.133. The summed E-state index contributed by atoms with van der Waals surface area (Å²) in [5.41, 5.74) is 1.86. The molecule has 0 radical (unpaired) electrons. The van der Waals surface area contributed by atoms with E-state index in [9.17, 15) is 14.4 Å². The van der Waals surface area contributed by atoms with Gasteiger partial charge in [0.05, 0.1) is 27.4 Å². The Balaban J connectivity index is 1.66. The zero-order valence-corrected chi connectivity index (χ0v) is 23.1. The number of carbonyl (C=O) groups excluding carboxylic acids is 3. The quantitative estimate of drug-likeness (QED) is 0.230. The summed E-state index contributed by atoms with van der Waals surface area (Å²) in [5.74, 6) is -1.09. The van der Waals surface area contributed by atoms with Crippen LogP contribution in [0, 0.1) is 6.92 Å². The Kier molecular flexibility index (Phi) is 8.53. The Labute approximate surface area is 238 Å². The molecular formula is C27H20Cl4N2O5. The summed E-state index contributed by atoms with van der Waals surface area (Å²) in [6, 6.07) is 12.0. The van der Waals surface area contributed by atoms with Crippen molar-refractivity contribution >= 4 is 76.0 Å². The molecule has 38 heavy (non-hydrogen) atoms. The molecule has 0 unspecified atom stereocenters. The van der Waals surface area contributed by atoms with E-state index < -0.39 is 17.8 Å². The summed E-state index contributed by atoms with van der Waals surface area (Å²) in [4.78, 5) is 39.2. The normalized spacial score (nSPS) is 14.6. The Hall–Kier alpha value is -3.23. The molecule has 196 valence electrons. The van der Waals surface area contributed by atoms with Crippen molar-refractivity contribution in [1.29, 1.82) is 0 Å².